The van der Waals surface area contributed by atoms with E-state index in [0.29, 0.717) is 11.2 Å². The normalized spacial score (nSPS) is 11.3. The van der Waals surface area contributed by atoms with Crippen molar-refractivity contribution in [1.82, 2.24) is 19.5 Å². The molecular weight excluding hydrogens is 340 g/mol. The number of rotatable bonds is 4. The largest absolute Gasteiger partial charge is 0.872 e. The van der Waals surface area contributed by atoms with Gasteiger partial charge < -0.3 is 5.11 Å². The number of carbonyl (C=O) groups excluding carboxylic acids is 1. The molecule has 0 atom stereocenters. The Labute approximate surface area is 146 Å². The van der Waals surface area contributed by atoms with Crippen molar-refractivity contribution >= 4 is 23.3 Å². The molecule has 2 N–H and O–H groups in total. The minimum absolute atomic E-state index is 0.113. The Bertz CT molecular complexity index is 1120. The number of benzene rings is 1. The Morgan fingerprint density at radius 2 is 1.96 bits per heavy atom. The number of fused-ring (bicyclic) bond motifs is 1. The zero-order valence-electron chi connectivity index (χ0n) is 14.1. The van der Waals surface area contributed by atoms with Crippen LogP contribution in [0.15, 0.2) is 45.3 Å². The Morgan fingerprint density at radius 1 is 1.27 bits per heavy atom. The predicted octanol–water partition coefficient (Wildman–Crippen LogP) is -1.92. The molecule has 0 bridgehead atoms. The number of hydrogen-bond donors (Lipinski definition) is 2. The number of nitrogens with zero attached hydrogens (tertiary/aromatic N) is 4. The Morgan fingerprint density at radius 3 is 2.65 bits per heavy atom. The second kappa shape index (κ2) is 6.67. The van der Waals surface area contributed by atoms with Crippen LogP contribution in [-0.2, 0) is 25.4 Å². The first kappa shape index (κ1) is 17.1. The lowest BCUT2D eigenvalue weighted by molar-refractivity contribution is -0.659. The van der Waals surface area contributed by atoms with E-state index in [-0.39, 0.29) is 17.8 Å². The van der Waals surface area contributed by atoms with Crippen molar-refractivity contribution in [1.29, 1.82) is 0 Å². The number of carbonyl (C=O) groups is 1. The summed E-state index contributed by atoms with van der Waals surface area (Å²) in [5.74, 6) is -0.568. The molecule has 0 spiro atoms. The van der Waals surface area contributed by atoms with Crippen molar-refractivity contribution in [2.45, 2.75) is 6.54 Å². The van der Waals surface area contributed by atoms with Gasteiger partial charge in [-0.15, -0.1) is 5.75 Å². The molecule has 0 fully saturated rings. The average Bonchev–Trinajstić information content (AvgIpc) is 3.03. The third-order valence-electron chi connectivity index (χ3n) is 3.88. The van der Waals surface area contributed by atoms with Crippen LogP contribution in [0.5, 0.6) is 5.75 Å². The number of hydrazone groups is 1. The Kier molecular flexibility index (Phi) is 4.40. The van der Waals surface area contributed by atoms with Gasteiger partial charge in [0, 0.05) is 14.1 Å². The second-order valence-electron chi connectivity index (χ2n) is 5.67. The van der Waals surface area contributed by atoms with Crippen molar-refractivity contribution < 1.29 is 14.5 Å². The first-order valence-electron chi connectivity index (χ1n) is 7.64. The molecule has 0 aliphatic rings. The molecule has 0 saturated carbocycles. The minimum atomic E-state index is -0.502. The van der Waals surface area contributed by atoms with Gasteiger partial charge >= 0.3 is 11.2 Å². The van der Waals surface area contributed by atoms with E-state index < -0.39 is 17.2 Å². The fourth-order valence-corrected chi connectivity index (χ4v) is 2.50. The molecule has 0 unspecified atom stereocenters. The van der Waals surface area contributed by atoms with Gasteiger partial charge in [0.15, 0.2) is 6.54 Å². The summed E-state index contributed by atoms with van der Waals surface area (Å²) in [6, 6.07) is 5.95. The molecule has 10 nitrogen and oxygen atoms in total. The number of H-pyrrole nitrogens is 1. The van der Waals surface area contributed by atoms with E-state index in [0.717, 1.165) is 4.57 Å². The predicted molar refractivity (Wildman–Crippen MR) is 90.6 cm³/mol. The number of amides is 1. The molecule has 2 heterocycles. The molecule has 26 heavy (non-hydrogen) atoms. The summed E-state index contributed by atoms with van der Waals surface area (Å²) in [5.41, 5.74) is 2.58. The maximum absolute atomic E-state index is 12.3. The zero-order valence-corrected chi connectivity index (χ0v) is 14.1. The van der Waals surface area contributed by atoms with Crippen LogP contribution in [0.1, 0.15) is 5.56 Å². The van der Waals surface area contributed by atoms with Crippen molar-refractivity contribution in [2.75, 3.05) is 0 Å². The van der Waals surface area contributed by atoms with Crippen molar-refractivity contribution in [3.8, 4) is 5.75 Å². The lowest BCUT2D eigenvalue weighted by atomic mass is 10.2. The highest BCUT2D eigenvalue weighted by Crippen LogP contribution is 2.04. The van der Waals surface area contributed by atoms with Crippen LogP contribution >= 0.6 is 0 Å². The maximum atomic E-state index is 12.3. The number of aromatic nitrogens is 4. The molecule has 1 aromatic carbocycles. The third-order valence-corrected chi connectivity index (χ3v) is 3.88. The fourth-order valence-electron chi connectivity index (χ4n) is 2.50. The van der Waals surface area contributed by atoms with Gasteiger partial charge in [-0.05, 0) is 5.56 Å². The van der Waals surface area contributed by atoms with Gasteiger partial charge in [-0.3, -0.25) is 18.7 Å². The summed E-state index contributed by atoms with van der Waals surface area (Å²) in [6.45, 7) is -0.162. The number of hydrogen-bond acceptors (Lipinski definition) is 5. The summed E-state index contributed by atoms with van der Waals surface area (Å²) < 4.78 is 3.68. The molecule has 10 heteroatoms. The highest BCUT2D eigenvalue weighted by atomic mass is 16.3. The minimum Gasteiger partial charge on any atom is -0.872 e. The van der Waals surface area contributed by atoms with E-state index in [9.17, 15) is 19.5 Å². The smallest absolute Gasteiger partial charge is 0.333 e. The number of imidazole rings is 1. The van der Waals surface area contributed by atoms with E-state index in [1.54, 1.807) is 12.1 Å². The van der Waals surface area contributed by atoms with Crippen molar-refractivity contribution in [3.63, 3.8) is 0 Å². The van der Waals surface area contributed by atoms with Crippen LogP contribution in [0, 0.1) is 0 Å². The maximum Gasteiger partial charge on any atom is 0.333 e. The molecule has 0 aliphatic carbocycles. The number of aryl methyl sites for hydroxylation is 1. The van der Waals surface area contributed by atoms with Gasteiger partial charge in [-0.2, -0.15) is 5.10 Å². The van der Waals surface area contributed by atoms with E-state index in [1.807, 2.05) is 0 Å². The van der Waals surface area contributed by atoms with Crippen LogP contribution in [0.2, 0.25) is 0 Å². The third kappa shape index (κ3) is 3.11. The van der Waals surface area contributed by atoms with Crippen LogP contribution < -0.4 is 26.3 Å². The van der Waals surface area contributed by atoms with Crippen molar-refractivity contribution in [2.24, 2.45) is 19.2 Å². The Balaban J connectivity index is 1.79. The van der Waals surface area contributed by atoms with Gasteiger partial charge in [0.05, 0.1) is 6.21 Å². The molecule has 134 valence electrons. The van der Waals surface area contributed by atoms with Crippen LogP contribution in [0.3, 0.4) is 0 Å². The van der Waals surface area contributed by atoms with Crippen LogP contribution in [0.25, 0.3) is 11.2 Å². The molecule has 0 radical (unpaired) electrons. The quantitative estimate of drug-likeness (QED) is 0.321. The van der Waals surface area contributed by atoms with Gasteiger partial charge in [0.1, 0.15) is 0 Å². The summed E-state index contributed by atoms with van der Waals surface area (Å²) in [6.07, 6.45) is 2.85. The summed E-state index contributed by atoms with van der Waals surface area (Å²) in [4.78, 5) is 39.1. The molecule has 0 aliphatic heterocycles. The second-order valence-corrected chi connectivity index (χ2v) is 5.67. The highest BCUT2D eigenvalue weighted by molar-refractivity contribution is 5.82. The first-order chi connectivity index (χ1) is 12.4. The zero-order chi connectivity index (χ0) is 18.8. The van der Waals surface area contributed by atoms with Crippen LogP contribution in [0.4, 0.5) is 0 Å². The molecule has 2 aromatic heterocycles. The average molecular weight is 356 g/mol. The monoisotopic (exact) mass is 356 g/mol. The van der Waals surface area contributed by atoms with Gasteiger partial charge in [-0.1, -0.05) is 24.3 Å². The number of aromatic amines is 1. The molecule has 0 saturated heterocycles. The highest BCUT2D eigenvalue weighted by Gasteiger charge is 2.21. The summed E-state index contributed by atoms with van der Waals surface area (Å²) >= 11 is 0. The summed E-state index contributed by atoms with van der Waals surface area (Å²) in [5, 5.41) is 14.8. The van der Waals surface area contributed by atoms with E-state index in [2.05, 4.69) is 15.5 Å². The molecule has 3 rings (SSSR count). The summed E-state index contributed by atoms with van der Waals surface area (Å²) in [7, 11) is 2.90. The topological polar surface area (TPSA) is 128 Å². The fraction of sp³-hybridized carbons (Fsp3) is 0.188. The van der Waals surface area contributed by atoms with Crippen LogP contribution in [-0.4, -0.2) is 26.2 Å². The van der Waals surface area contributed by atoms with Crippen molar-refractivity contribution in [3.05, 3.63) is 57.0 Å². The van der Waals surface area contributed by atoms with E-state index >= 15 is 0 Å². The van der Waals surface area contributed by atoms with E-state index in [4.69, 9.17) is 0 Å². The number of nitrogens with one attached hydrogen (secondary N) is 2. The standard InChI is InChI=1S/C16H16N6O4/c1-20-14-13(15(25)21(2)16(20)26)22(9-17-14)8-12(24)19-18-7-10-3-5-11(23)6-4-10/h3-7,9H,8H2,1-2H3,(H2,18,19,23,24). The Hall–Kier alpha value is -3.69. The molecular formula is C16H16N6O4. The van der Waals surface area contributed by atoms with Gasteiger partial charge in [-0.25, -0.2) is 19.8 Å². The van der Waals surface area contributed by atoms with Gasteiger partial charge in [0.2, 0.25) is 6.33 Å². The molecule has 1 amide bonds. The van der Waals surface area contributed by atoms with E-state index in [1.165, 1.54) is 47.9 Å². The molecule has 3 aromatic rings. The first-order valence-corrected chi connectivity index (χ1v) is 7.64. The SMILES string of the molecule is Cn1c(=O)c2c([nH]c[n+]2CC(=O)NN=Cc2ccc([O-])cc2)n(C)c1=O. The lowest BCUT2D eigenvalue weighted by Gasteiger charge is -2.03. The lowest BCUT2D eigenvalue weighted by Crippen LogP contribution is -2.46. The van der Waals surface area contributed by atoms with Gasteiger partial charge in [0.25, 0.3) is 17.1 Å².